The zero-order valence-electron chi connectivity index (χ0n) is 14.0. The fourth-order valence-electron chi connectivity index (χ4n) is 3.66. The highest BCUT2D eigenvalue weighted by Crippen LogP contribution is 2.41. The predicted molar refractivity (Wildman–Crippen MR) is 103 cm³/mol. The second-order valence-corrected chi connectivity index (χ2v) is 8.16. The average molecular weight is 453 g/mol. The number of aliphatic hydroxyl groups excluding tert-OH is 1. The van der Waals surface area contributed by atoms with Gasteiger partial charge in [0.2, 0.25) is 0 Å². The van der Waals surface area contributed by atoms with Gasteiger partial charge < -0.3 is 5.11 Å². The Labute approximate surface area is 160 Å². The Balaban J connectivity index is 1.84. The van der Waals surface area contributed by atoms with Crippen molar-refractivity contribution in [3.63, 3.8) is 0 Å². The van der Waals surface area contributed by atoms with Gasteiger partial charge in [0.1, 0.15) is 5.82 Å². The summed E-state index contributed by atoms with van der Waals surface area (Å²) in [4.78, 5) is 17.0. The number of halogens is 2. The number of pyridine rings is 1. The summed E-state index contributed by atoms with van der Waals surface area (Å²) in [5.41, 5.74) is 1.60. The molecule has 0 atom stereocenters. The first kappa shape index (κ1) is 18.5. The number of carbonyl (C=O) groups excluding carboxylic acids is 1. The van der Waals surface area contributed by atoms with Crippen molar-refractivity contribution in [1.29, 1.82) is 0 Å². The summed E-state index contributed by atoms with van der Waals surface area (Å²) >= 11 is 2.07. The van der Waals surface area contributed by atoms with Gasteiger partial charge in [0, 0.05) is 46.4 Å². The molecule has 1 aromatic carbocycles. The Morgan fingerprint density at radius 1 is 1.24 bits per heavy atom. The van der Waals surface area contributed by atoms with E-state index >= 15 is 0 Å². The lowest BCUT2D eigenvalue weighted by Crippen LogP contribution is -2.25. The third kappa shape index (κ3) is 4.26. The summed E-state index contributed by atoms with van der Waals surface area (Å²) < 4.78 is 15.0. The normalized spacial score (nSPS) is 16.1. The van der Waals surface area contributed by atoms with Crippen LogP contribution in [-0.4, -0.2) is 22.5 Å². The van der Waals surface area contributed by atoms with Crippen molar-refractivity contribution in [3.05, 3.63) is 62.7 Å². The number of nitrogens with zero attached hydrogens (tertiary/aromatic N) is 1. The maximum atomic E-state index is 14.2. The molecule has 1 saturated carbocycles. The van der Waals surface area contributed by atoms with Crippen LogP contribution in [0.5, 0.6) is 0 Å². The van der Waals surface area contributed by atoms with Crippen LogP contribution in [0, 0.1) is 14.8 Å². The summed E-state index contributed by atoms with van der Waals surface area (Å²) in [5, 5.41) is 9.76. The average Bonchev–Trinajstić information content (AvgIpc) is 3.07. The Morgan fingerprint density at radius 2 is 2.00 bits per heavy atom. The molecule has 1 aromatic heterocycles. The third-order valence-corrected chi connectivity index (χ3v) is 5.81. The van der Waals surface area contributed by atoms with Crippen LogP contribution in [0.3, 0.4) is 0 Å². The first-order chi connectivity index (χ1) is 12.0. The molecule has 0 radical (unpaired) electrons. The molecular weight excluding hydrogens is 432 g/mol. The molecule has 132 valence electrons. The van der Waals surface area contributed by atoms with Crippen molar-refractivity contribution in [2.75, 3.05) is 6.61 Å². The Hall–Kier alpha value is -1.34. The van der Waals surface area contributed by atoms with Gasteiger partial charge >= 0.3 is 0 Å². The van der Waals surface area contributed by atoms with Crippen LogP contribution in [0.2, 0.25) is 0 Å². The summed E-state index contributed by atoms with van der Waals surface area (Å²) in [7, 11) is 0. The SMILES string of the molecule is O=C(CC1(CO)CCCC1)c1ccncc1Cc1ccc(I)cc1F. The highest BCUT2D eigenvalue weighted by atomic mass is 127. The molecule has 1 aliphatic rings. The van der Waals surface area contributed by atoms with E-state index in [4.69, 9.17) is 0 Å². The summed E-state index contributed by atoms with van der Waals surface area (Å²) in [6.45, 7) is 0.0465. The van der Waals surface area contributed by atoms with E-state index in [1.165, 1.54) is 6.07 Å². The Morgan fingerprint density at radius 3 is 2.68 bits per heavy atom. The standard InChI is InChI=1S/C20H21FINO2/c21-18-10-16(22)4-3-14(18)9-15-12-23-8-5-17(15)19(25)11-20(13-24)6-1-2-7-20/h3-5,8,10,12,24H,1-2,6-7,9,11,13H2. The van der Waals surface area contributed by atoms with Crippen molar-refractivity contribution in [3.8, 4) is 0 Å². The molecule has 1 heterocycles. The monoisotopic (exact) mass is 453 g/mol. The number of aliphatic hydroxyl groups is 1. The molecule has 1 aliphatic carbocycles. The number of aromatic nitrogens is 1. The van der Waals surface area contributed by atoms with Gasteiger partial charge in [0.25, 0.3) is 0 Å². The van der Waals surface area contributed by atoms with Gasteiger partial charge in [0.05, 0.1) is 0 Å². The molecule has 2 aromatic rings. The van der Waals surface area contributed by atoms with Gasteiger partial charge in [-0.05, 0) is 64.8 Å². The quantitative estimate of drug-likeness (QED) is 0.516. The largest absolute Gasteiger partial charge is 0.396 e. The third-order valence-electron chi connectivity index (χ3n) is 5.14. The number of hydrogen-bond donors (Lipinski definition) is 1. The molecular formula is C20H21FINO2. The Bertz CT molecular complexity index is 772. The molecule has 3 nitrogen and oxygen atoms in total. The van der Waals surface area contributed by atoms with Gasteiger partial charge in [-0.1, -0.05) is 18.9 Å². The van der Waals surface area contributed by atoms with Crippen LogP contribution in [0.4, 0.5) is 4.39 Å². The highest BCUT2D eigenvalue weighted by Gasteiger charge is 2.35. The second-order valence-electron chi connectivity index (χ2n) is 6.91. The van der Waals surface area contributed by atoms with Gasteiger partial charge in [-0.25, -0.2) is 4.39 Å². The zero-order valence-corrected chi connectivity index (χ0v) is 16.1. The van der Waals surface area contributed by atoms with E-state index < -0.39 is 0 Å². The fourth-order valence-corrected chi connectivity index (χ4v) is 4.12. The topological polar surface area (TPSA) is 50.2 Å². The lowest BCUT2D eigenvalue weighted by atomic mass is 9.80. The van der Waals surface area contributed by atoms with Gasteiger partial charge in [-0.2, -0.15) is 0 Å². The van der Waals surface area contributed by atoms with Crippen LogP contribution in [-0.2, 0) is 6.42 Å². The molecule has 0 amide bonds. The number of Topliss-reactive ketones (excluding diaryl/α,β-unsaturated/α-hetero) is 1. The van der Waals surface area contributed by atoms with Crippen molar-refractivity contribution >= 4 is 28.4 Å². The molecule has 0 saturated heterocycles. The lowest BCUT2D eigenvalue weighted by molar-refractivity contribution is 0.0792. The van der Waals surface area contributed by atoms with E-state index in [-0.39, 0.29) is 23.6 Å². The maximum Gasteiger partial charge on any atom is 0.163 e. The smallest absolute Gasteiger partial charge is 0.163 e. The van der Waals surface area contributed by atoms with Crippen molar-refractivity contribution in [2.24, 2.45) is 5.41 Å². The molecule has 1 N–H and O–H groups in total. The molecule has 0 spiro atoms. The van der Waals surface area contributed by atoms with E-state index in [9.17, 15) is 14.3 Å². The molecule has 25 heavy (non-hydrogen) atoms. The van der Waals surface area contributed by atoms with Crippen molar-refractivity contribution in [1.82, 2.24) is 4.98 Å². The molecule has 0 bridgehead atoms. The lowest BCUT2D eigenvalue weighted by Gasteiger charge is -2.25. The van der Waals surface area contributed by atoms with Gasteiger partial charge in [-0.15, -0.1) is 0 Å². The predicted octanol–water partition coefficient (Wildman–Crippen LogP) is 4.54. The summed E-state index contributed by atoms with van der Waals surface area (Å²) in [6.07, 6.45) is 7.82. The highest BCUT2D eigenvalue weighted by molar-refractivity contribution is 14.1. The molecule has 3 rings (SSSR count). The van der Waals surface area contributed by atoms with Crippen LogP contribution in [0.1, 0.15) is 53.6 Å². The minimum absolute atomic E-state index is 0.0132. The van der Waals surface area contributed by atoms with Crippen molar-refractivity contribution in [2.45, 2.75) is 38.5 Å². The first-order valence-corrected chi connectivity index (χ1v) is 9.62. The Kier molecular flexibility index (Phi) is 5.84. The first-order valence-electron chi connectivity index (χ1n) is 8.54. The van der Waals surface area contributed by atoms with Gasteiger partial charge in [-0.3, -0.25) is 9.78 Å². The van der Waals surface area contributed by atoms with Crippen LogP contribution in [0.25, 0.3) is 0 Å². The number of carbonyl (C=O) groups is 1. The summed E-state index contributed by atoms with van der Waals surface area (Å²) in [6, 6.07) is 6.82. The molecule has 0 aliphatic heterocycles. The van der Waals surface area contributed by atoms with E-state index in [0.29, 0.717) is 24.0 Å². The van der Waals surface area contributed by atoms with E-state index in [1.54, 1.807) is 24.5 Å². The van der Waals surface area contributed by atoms with Crippen molar-refractivity contribution < 1.29 is 14.3 Å². The van der Waals surface area contributed by atoms with Gasteiger partial charge in [0.15, 0.2) is 5.78 Å². The zero-order chi connectivity index (χ0) is 17.9. The number of benzene rings is 1. The van der Waals surface area contributed by atoms with E-state index in [0.717, 1.165) is 34.8 Å². The van der Waals surface area contributed by atoms with Crippen LogP contribution < -0.4 is 0 Å². The number of ketones is 1. The second kappa shape index (κ2) is 7.91. The minimum Gasteiger partial charge on any atom is -0.396 e. The number of hydrogen-bond acceptors (Lipinski definition) is 3. The summed E-state index contributed by atoms with van der Waals surface area (Å²) in [5.74, 6) is -0.254. The minimum atomic E-state index is -0.286. The molecule has 5 heteroatoms. The maximum absolute atomic E-state index is 14.2. The molecule has 1 fully saturated rings. The number of rotatable bonds is 6. The van der Waals surface area contributed by atoms with E-state index in [2.05, 4.69) is 27.6 Å². The van der Waals surface area contributed by atoms with Crippen LogP contribution in [0.15, 0.2) is 36.7 Å². The molecule has 0 unspecified atom stereocenters. The van der Waals surface area contributed by atoms with Crippen LogP contribution >= 0.6 is 22.6 Å². The fraction of sp³-hybridized carbons (Fsp3) is 0.400. The van der Waals surface area contributed by atoms with E-state index in [1.807, 2.05) is 6.07 Å².